The van der Waals surface area contributed by atoms with Crippen molar-refractivity contribution in [1.82, 2.24) is 15.5 Å². The van der Waals surface area contributed by atoms with Gasteiger partial charge < -0.3 is 35.8 Å². The number of ether oxygens (including phenoxy) is 2. The monoisotopic (exact) mass is 622 g/mol. The fourth-order valence-electron chi connectivity index (χ4n) is 6.53. The predicted molar refractivity (Wildman–Crippen MR) is 167 cm³/mol. The second-order valence-corrected chi connectivity index (χ2v) is 12.9. The Morgan fingerprint density at radius 3 is 2.53 bits per heavy atom. The van der Waals surface area contributed by atoms with Gasteiger partial charge in [0.2, 0.25) is 5.91 Å². The number of piperidine rings is 1. The van der Waals surface area contributed by atoms with E-state index in [1.54, 1.807) is 11.0 Å². The molecular formula is C32H51ClN4O6. The molecule has 242 valence electrons. The first-order chi connectivity index (χ1) is 20.6. The molecule has 5 atom stereocenters. The molecule has 1 aromatic rings. The zero-order valence-corrected chi connectivity index (χ0v) is 26.7. The van der Waals surface area contributed by atoms with E-state index in [4.69, 9.17) is 22.1 Å². The molecule has 0 spiro atoms. The van der Waals surface area contributed by atoms with Crippen LogP contribution in [0.4, 0.5) is 9.59 Å². The summed E-state index contributed by atoms with van der Waals surface area (Å²) in [5.41, 5.74) is 6.57. The van der Waals surface area contributed by atoms with E-state index >= 15 is 0 Å². The van der Waals surface area contributed by atoms with Crippen molar-refractivity contribution in [2.75, 3.05) is 33.4 Å². The summed E-state index contributed by atoms with van der Waals surface area (Å²) in [4.78, 5) is 39.1. The van der Waals surface area contributed by atoms with E-state index in [0.29, 0.717) is 30.5 Å². The van der Waals surface area contributed by atoms with Crippen molar-refractivity contribution in [3.8, 4) is 0 Å². The molecule has 1 aliphatic heterocycles. The molecule has 10 nitrogen and oxygen atoms in total. The van der Waals surface area contributed by atoms with Gasteiger partial charge in [0, 0.05) is 36.5 Å². The van der Waals surface area contributed by atoms with Gasteiger partial charge >= 0.3 is 12.1 Å². The summed E-state index contributed by atoms with van der Waals surface area (Å²) in [5, 5.41) is 17.7. The number of hydrogen-bond donors (Lipinski definition) is 4. The van der Waals surface area contributed by atoms with Crippen molar-refractivity contribution < 1.29 is 29.0 Å². The SMILES string of the molecule is COC(=O)NCCO[C@@H](c1cccc(Cl)c1)[C@@H]1CCCN(C(=O)N[C@@H](CC2CCCCC2)[C@@H](O)C[C@H](C(N)=O)C(C)C)C1. The van der Waals surface area contributed by atoms with Gasteiger partial charge in [-0.3, -0.25) is 4.79 Å². The second kappa shape index (κ2) is 17.7. The lowest BCUT2D eigenvalue weighted by Gasteiger charge is -2.39. The summed E-state index contributed by atoms with van der Waals surface area (Å²) >= 11 is 6.31. The summed E-state index contributed by atoms with van der Waals surface area (Å²) < 4.78 is 10.9. The smallest absolute Gasteiger partial charge is 0.406 e. The predicted octanol–water partition coefficient (Wildman–Crippen LogP) is 5.02. The van der Waals surface area contributed by atoms with Crippen LogP contribution in [0.3, 0.4) is 0 Å². The van der Waals surface area contributed by atoms with Crippen molar-refractivity contribution >= 4 is 29.6 Å². The van der Waals surface area contributed by atoms with Crippen molar-refractivity contribution in [1.29, 1.82) is 0 Å². The molecule has 3 rings (SSSR count). The van der Waals surface area contributed by atoms with E-state index in [2.05, 4.69) is 15.4 Å². The molecule has 1 saturated carbocycles. The van der Waals surface area contributed by atoms with Crippen molar-refractivity contribution in [3.63, 3.8) is 0 Å². The molecule has 2 aliphatic rings. The number of aliphatic hydroxyl groups is 1. The molecule has 1 aliphatic carbocycles. The molecule has 0 bridgehead atoms. The summed E-state index contributed by atoms with van der Waals surface area (Å²) in [6, 6.07) is 6.83. The largest absolute Gasteiger partial charge is 0.453 e. The third-order valence-corrected chi connectivity index (χ3v) is 9.19. The minimum atomic E-state index is -0.879. The molecule has 5 N–H and O–H groups in total. The average molecular weight is 623 g/mol. The Balaban J connectivity index is 1.72. The first kappa shape index (κ1) is 34.9. The number of alkyl carbamates (subject to hydrolysis) is 1. The van der Waals surface area contributed by atoms with Gasteiger partial charge in [-0.1, -0.05) is 69.7 Å². The first-order valence-corrected chi connectivity index (χ1v) is 16.2. The number of amides is 4. The Hall–Kier alpha value is -2.56. The maximum Gasteiger partial charge on any atom is 0.406 e. The number of nitrogens with zero attached hydrogens (tertiary/aromatic N) is 1. The van der Waals surface area contributed by atoms with E-state index in [-0.39, 0.29) is 43.5 Å². The molecule has 0 aromatic heterocycles. The number of carbonyl (C=O) groups excluding carboxylic acids is 3. The van der Waals surface area contributed by atoms with E-state index in [1.165, 1.54) is 13.5 Å². The molecular weight excluding hydrogens is 572 g/mol. The van der Waals surface area contributed by atoms with Crippen LogP contribution in [-0.4, -0.2) is 73.5 Å². The van der Waals surface area contributed by atoms with Crippen LogP contribution in [0.1, 0.15) is 83.3 Å². The number of urea groups is 1. The van der Waals surface area contributed by atoms with Crippen LogP contribution in [-0.2, 0) is 14.3 Å². The first-order valence-electron chi connectivity index (χ1n) is 15.8. The number of likely N-dealkylation sites (tertiary alicyclic amines) is 1. The molecule has 1 aromatic carbocycles. The van der Waals surface area contributed by atoms with E-state index in [1.807, 2.05) is 32.0 Å². The van der Waals surface area contributed by atoms with E-state index in [0.717, 1.165) is 44.1 Å². The van der Waals surface area contributed by atoms with Gasteiger partial charge in [-0.05, 0) is 55.2 Å². The highest BCUT2D eigenvalue weighted by Gasteiger charge is 2.35. The molecule has 4 amide bonds. The van der Waals surface area contributed by atoms with Gasteiger partial charge in [-0.15, -0.1) is 0 Å². The standard InChI is InChI=1S/C32H51ClN4O6/c1-21(2)26(30(34)39)19-28(38)27(17-22-9-5-4-6-10-22)36-31(40)37-15-8-12-24(20-37)29(23-11-7-13-25(33)18-23)43-16-14-35-32(41)42-3/h7,11,13,18,21-22,24,26-29,38H,4-6,8-10,12,14-17,19-20H2,1-3H3,(H2,34,39)(H,35,41)(H,36,40)/t24-,26+,27+,28+,29+/m1/s1. The summed E-state index contributed by atoms with van der Waals surface area (Å²) in [6.45, 7) is 5.46. The van der Waals surface area contributed by atoms with Gasteiger partial charge in [0.05, 0.1) is 32.0 Å². The van der Waals surface area contributed by atoms with Crippen LogP contribution in [0.2, 0.25) is 5.02 Å². The van der Waals surface area contributed by atoms with Gasteiger partial charge in [-0.25, -0.2) is 9.59 Å². The average Bonchev–Trinajstić information content (AvgIpc) is 2.99. The zero-order valence-electron chi connectivity index (χ0n) is 25.9. The van der Waals surface area contributed by atoms with Crippen molar-refractivity contribution in [3.05, 3.63) is 34.9 Å². The molecule has 1 heterocycles. The maximum atomic E-state index is 13.7. The number of primary amides is 1. The summed E-state index contributed by atoms with van der Waals surface area (Å²) in [5.74, 6) is -0.479. The number of nitrogens with one attached hydrogen (secondary N) is 2. The highest BCUT2D eigenvalue weighted by Crippen LogP contribution is 2.34. The third-order valence-electron chi connectivity index (χ3n) is 8.96. The Labute approximate surface area is 261 Å². The Bertz CT molecular complexity index is 1040. The van der Waals surface area contributed by atoms with E-state index < -0.39 is 30.1 Å². The fourth-order valence-corrected chi connectivity index (χ4v) is 6.72. The molecule has 1 saturated heterocycles. The summed E-state index contributed by atoms with van der Waals surface area (Å²) in [6.07, 6.45) is 6.51. The number of aliphatic hydroxyl groups excluding tert-OH is 1. The van der Waals surface area contributed by atoms with Gasteiger partial charge in [0.25, 0.3) is 0 Å². The van der Waals surface area contributed by atoms with E-state index in [9.17, 15) is 19.5 Å². The summed E-state index contributed by atoms with van der Waals surface area (Å²) in [7, 11) is 1.31. The maximum absolute atomic E-state index is 13.7. The Kier molecular flexibility index (Phi) is 14.3. The topological polar surface area (TPSA) is 143 Å². The van der Waals surface area contributed by atoms with Gasteiger partial charge in [0.15, 0.2) is 0 Å². The lowest BCUT2D eigenvalue weighted by Crippen LogP contribution is -2.53. The highest BCUT2D eigenvalue weighted by molar-refractivity contribution is 6.30. The Morgan fingerprint density at radius 2 is 1.88 bits per heavy atom. The van der Waals surface area contributed by atoms with Crippen LogP contribution in [0, 0.1) is 23.7 Å². The number of methoxy groups -OCH3 is 1. The molecule has 0 unspecified atom stereocenters. The van der Waals surface area contributed by atoms with Crippen LogP contribution in [0.5, 0.6) is 0 Å². The molecule has 43 heavy (non-hydrogen) atoms. The highest BCUT2D eigenvalue weighted by atomic mass is 35.5. The molecule has 0 radical (unpaired) electrons. The number of halogens is 1. The number of benzene rings is 1. The molecule has 2 fully saturated rings. The van der Waals surface area contributed by atoms with Gasteiger partial charge in [0.1, 0.15) is 0 Å². The minimum absolute atomic E-state index is 0.00186. The number of carbonyl (C=O) groups is 3. The van der Waals surface area contributed by atoms with Crippen molar-refractivity contribution in [2.24, 2.45) is 29.4 Å². The quantitative estimate of drug-likeness (QED) is 0.215. The van der Waals surface area contributed by atoms with Gasteiger partial charge in [-0.2, -0.15) is 0 Å². The van der Waals surface area contributed by atoms with Crippen LogP contribution in [0.25, 0.3) is 0 Å². The number of rotatable bonds is 14. The lowest BCUT2D eigenvalue weighted by atomic mass is 9.81. The van der Waals surface area contributed by atoms with Crippen LogP contribution in [0.15, 0.2) is 24.3 Å². The van der Waals surface area contributed by atoms with Crippen LogP contribution < -0.4 is 16.4 Å². The van der Waals surface area contributed by atoms with Crippen molar-refractivity contribution in [2.45, 2.75) is 89.9 Å². The lowest BCUT2D eigenvalue weighted by molar-refractivity contribution is -0.124. The Morgan fingerprint density at radius 1 is 1.14 bits per heavy atom. The molecule has 11 heteroatoms. The number of nitrogens with two attached hydrogens (primary N) is 1. The zero-order chi connectivity index (χ0) is 31.4. The van der Waals surface area contributed by atoms with Crippen LogP contribution >= 0.6 is 11.6 Å². The second-order valence-electron chi connectivity index (χ2n) is 12.5. The minimum Gasteiger partial charge on any atom is -0.453 e. The normalized spacial score (nSPS) is 20.6. The number of hydrogen-bond acceptors (Lipinski definition) is 6. The third kappa shape index (κ3) is 11.1. The fraction of sp³-hybridized carbons (Fsp3) is 0.719.